The van der Waals surface area contributed by atoms with Crippen LogP contribution in [0.1, 0.15) is 18.9 Å². The van der Waals surface area contributed by atoms with Crippen LogP contribution in [0, 0.1) is 5.92 Å². The summed E-state index contributed by atoms with van der Waals surface area (Å²) < 4.78 is 4.92. The molecule has 0 aliphatic carbocycles. The standard InChI is InChI=1S/C21H28N2O9/c1-10(5-3-4-8-24)21(31)12-9-11(6-7-13(12)23(2)20(21)30)22-18(28)17-15(26)14(25)16(27)19(29)32-17/h3,5-7,9-10,14-17,19,24-27,29,31H,4,8H2,1-2H3,(H,22,28)/b5-3+/t10-,14+,15+,16-,17+,19-,21+/m1/s1. The van der Waals surface area contributed by atoms with Crippen LogP contribution in [-0.4, -0.2) is 86.8 Å². The molecule has 3 rings (SSSR count). The predicted octanol–water partition coefficient (Wildman–Crippen LogP) is -1.84. The van der Waals surface area contributed by atoms with Gasteiger partial charge in [-0.05, 0) is 24.6 Å². The Hall–Kier alpha value is -2.38. The molecule has 2 aliphatic rings. The van der Waals surface area contributed by atoms with Crippen molar-refractivity contribution in [2.24, 2.45) is 5.92 Å². The summed E-state index contributed by atoms with van der Waals surface area (Å²) in [6.45, 7) is 1.58. The number of aliphatic hydroxyl groups is 6. The third-order valence-corrected chi connectivity index (χ3v) is 5.89. The lowest BCUT2D eigenvalue weighted by atomic mass is 9.82. The van der Waals surface area contributed by atoms with Gasteiger partial charge in [0.1, 0.15) is 18.3 Å². The van der Waals surface area contributed by atoms with Gasteiger partial charge in [-0.1, -0.05) is 19.1 Å². The Balaban J connectivity index is 1.87. The Morgan fingerprint density at radius 3 is 2.59 bits per heavy atom. The van der Waals surface area contributed by atoms with Crippen LogP contribution in [0.15, 0.2) is 30.4 Å². The zero-order valence-electron chi connectivity index (χ0n) is 17.6. The average Bonchev–Trinajstić information content (AvgIpc) is 2.96. The third-order valence-electron chi connectivity index (χ3n) is 5.89. The molecule has 11 heteroatoms. The Morgan fingerprint density at radius 2 is 1.94 bits per heavy atom. The molecule has 0 unspecified atom stereocenters. The number of hydrogen-bond donors (Lipinski definition) is 7. The highest BCUT2D eigenvalue weighted by Gasteiger charge is 2.52. The Morgan fingerprint density at radius 1 is 1.25 bits per heavy atom. The highest BCUT2D eigenvalue weighted by atomic mass is 16.6. The van der Waals surface area contributed by atoms with Crippen molar-refractivity contribution in [2.45, 2.75) is 49.7 Å². The first-order valence-electron chi connectivity index (χ1n) is 10.1. The lowest BCUT2D eigenvalue weighted by Crippen LogP contribution is -2.60. The van der Waals surface area contributed by atoms with Gasteiger partial charge in [0.15, 0.2) is 18.0 Å². The van der Waals surface area contributed by atoms with E-state index in [0.29, 0.717) is 12.1 Å². The molecule has 176 valence electrons. The first-order valence-corrected chi connectivity index (χ1v) is 10.1. The zero-order chi connectivity index (χ0) is 23.8. The highest BCUT2D eigenvalue weighted by molar-refractivity contribution is 6.07. The van der Waals surface area contributed by atoms with E-state index in [4.69, 9.17) is 9.84 Å². The predicted molar refractivity (Wildman–Crippen MR) is 111 cm³/mol. The first-order chi connectivity index (χ1) is 15.0. The third kappa shape index (κ3) is 4.04. The number of nitrogens with zero attached hydrogens (tertiary/aromatic N) is 1. The maximum atomic E-state index is 12.9. The summed E-state index contributed by atoms with van der Waals surface area (Å²) in [5.41, 5.74) is -1.04. The Kier molecular flexibility index (Phi) is 7.00. The van der Waals surface area contributed by atoms with Gasteiger partial charge in [-0.25, -0.2) is 0 Å². The van der Waals surface area contributed by atoms with E-state index in [1.165, 1.54) is 30.1 Å². The van der Waals surface area contributed by atoms with Crippen molar-refractivity contribution in [2.75, 3.05) is 23.9 Å². The van der Waals surface area contributed by atoms with Crippen molar-refractivity contribution in [1.82, 2.24) is 0 Å². The van der Waals surface area contributed by atoms with Crippen molar-refractivity contribution in [1.29, 1.82) is 0 Å². The molecular formula is C21H28N2O9. The van der Waals surface area contributed by atoms with Gasteiger partial charge in [-0.2, -0.15) is 0 Å². The van der Waals surface area contributed by atoms with E-state index in [-0.39, 0.29) is 17.9 Å². The molecule has 1 saturated heterocycles. The largest absolute Gasteiger partial charge is 0.396 e. The van der Waals surface area contributed by atoms with Crippen molar-refractivity contribution in [3.63, 3.8) is 0 Å². The monoisotopic (exact) mass is 452 g/mol. The van der Waals surface area contributed by atoms with Gasteiger partial charge in [0.05, 0.1) is 5.69 Å². The van der Waals surface area contributed by atoms with E-state index in [2.05, 4.69) is 5.32 Å². The van der Waals surface area contributed by atoms with Gasteiger partial charge in [0.2, 0.25) is 0 Å². The molecule has 7 N–H and O–H groups in total. The van der Waals surface area contributed by atoms with Crippen LogP contribution < -0.4 is 10.2 Å². The Bertz CT molecular complexity index is 907. The van der Waals surface area contributed by atoms with Crippen LogP contribution in [0.25, 0.3) is 0 Å². The molecule has 1 aromatic rings. The van der Waals surface area contributed by atoms with Gasteiger partial charge in [-0.3, -0.25) is 9.59 Å². The fourth-order valence-corrected chi connectivity index (χ4v) is 3.94. The van der Waals surface area contributed by atoms with Gasteiger partial charge in [-0.15, -0.1) is 0 Å². The summed E-state index contributed by atoms with van der Waals surface area (Å²) >= 11 is 0. The maximum Gasteiger partial charge on any atom is 0.264 e. The van der Waals surface area contributed by atoms with Gasteiger partial charge in [0, 0.05) is 30.8 Å². The van der Waals surface area contributed by atoms with E-state index in [1.807, 2.05) is 0 Å². The summed E-state index contributed by atoms with van der Waals surface area (Å²) in [6, 6.07) is 4.44. The number of aliphatic hydroxyl groups excluding tert-OH is 5. The fraction of sp³-hybridized carbons (Fsp3) is 0.524. The minimum absolute atomic E-state index is 0.0717. The second kappa shape index (κ2) is 9.24. The summed E-state index contributed by atoms with van der Waals surface area (Å²) in [7, 11) is 1.52. The number of anilines is 2. The number of amides is 2. The fourth-order valence-electron chi connectivity index (χ4n) is 3.94. The van der Waals surface area contributed by atoms with Crippen LogP contribution in [0.5, 0.6) is 0 Å². The molecule has 0 bridgehead atoms. The van der Waals surface area contributed by atoms with E-state index in [1.54, 1.807) is 19.1 Å². The number of ether oxygens (including phenoxy) is 1. The van der Waals surface area contributed by atoms with Crippen LogP contribution in [0.4, 0.5) is 11.4 Å². The smallest absolute Gasteiger partial charge is 0.264 e. The van der Waals surface area contributed by atoms with Crippen molar-refractivity contribution in [3.05, 3.63) is 35.9 Å². The maximum absolute atomic E-state index is 12.9. The van der Waals surface area contributed by atoms with Crippen molar-refractivity contribution < 1.29 is 45.0 Å². The molecule has 0 radical (unpaired) electrons. The molecule has 11 nitrogen and oxygen atoms in total. The lowest BCUT2D eigenvalue weighted by molar-refractivity contribution is -0.274. The van der Waals surface area contributed by atoms with E-state index < -0.39 is 54.0 Å². The average molecular weight is 452 g/mol. The number of likely N-dealkylation sites (N-methyl/N-ethyl adjacent to an activating group) is 1. The lowest BCUT2D eigenvalue weighted by Gasteiger charge is -2.37. The number of rotatable bonds is 6. The van der Waals surface area contributed by atoms with Gasteiger partial charge in [0.25, 0.3) is 11.8 Å². The molecular weight excluding hydrogens is 424 g/mol. The highest BCUT2D eigenvalue weighted by Crippen LogP contribution is 2.45. The van der Waals surface area contributed by atoms with Crippen LogP contribution in [-0.2, 0) is 19.9 Å². The molecule has 7 atom stereocenters. The van der Waals surface area contributed by atoms with Crippen molar-refractivity contribution >= 4 is 23.2 Å². The molecule has 0 saturated carbocycles. The molecule has 0 aromatic heterocycles. The number of nitrogens with one attached hydrogen (secondary N) is 1. The first kappa shape index (κ1) is 24.3. The van der Waals surface area contributed by atoms with Crippen LogP contribution in [0.3, 0.4) is 0 Å². The molecule has 2 heterocycles. The van der Waals surface area contributed by atoms with Gasteiger partial charge < -0.3 is 45.6 Å². The van der Waals surface area contributed by atoms with E-state index in [0.717, 1.165) is 0 Å². The number of carbonyl (C=O) groups excluding carboxylic acids is 2. The minimum atomic E-state index is -1.91. The normalized spacial score (nSPS) is 33.4. The SMILES string of the molecule is C[C@H](/C=C/CCO)[C@@]1(O)C(=O)N(C)c2ccc(NC(=O)[C@H]3O[C@@H](O)[C@H](O)[C@@H](O)[C@@H]3O)cc21. The molecule has 2 amide bonds. The molecule has 32 heavy (non-hydrogen) atoms. The number of benzene rings is 1. The molecule has 0 spiro atoms. The number of fused-ring (bicyclic) bond motifs is 1. The second-order valence-corrected chi connectivity index (χ2v) is 8.00. The Labute approximate surface area is 184 Å². The quantitative estimate of drug-likeness (QED) is 0.244. The van der Waals surface area contributed by atoms with Crippen molar-refractivity contribution in [3.8, 4) is 0 Å². The zero-order valence-corrected chi connectivity index (χ0v) is 17.6. The van der Waals surface area contributed by atoms with Crippen LogP contribution in [0.2, 0.25) is 0 Å². The summed E-state index contributed by atoms with van der Waals surface area (Å²) in [4.78, 5) is 26.8. The van der Waals surface area contributed by atoms with E-state index >= 15 is 0 Å². The summed E-state index contributed by atoms with van der Waals surface area (Å²) in [6.07, 6.45) is -5.24. The summed E-state index contributed by atoms with van der Waals surface area (Å²) in [5.74, 6) is -2.10. The van der Waals surface area contributed by atoms with E-state index in [9.17, 15) is 35.1 Å². The second-order valence-electron chi connectivity index (χ2n) is 8.00. The molecule has 1 aromatic carbocycles. The minimum Gasteiger partial charge on any atom is -0.396 e. The molecule has 1 fully saturated rings. The number of hydrogen-bond acceptors (Lipinski definition) is 9. The van der Waals surface area contributed by atoms with Gasteiger partial charge >= 0.3 is 0 Å². The summed E-state index contributed by atoms with van der Waals surface area (Å²) in [5, 5.41) is 61.7. The number of carbonyl (C=O) groups is 2. The topological polar surface area (TPSA) is 180 Å². The van der Waals surface area contributed by atoms with Crippen LogP contribution >= 0.6 is 0 Å². The molecule has 2 aliphatic heterocycles.